The second-order valence-electron chi connectivity index (χ2n) is 6.01. The van der Waals surface area contributed by atoms with Gasteiger partial charge in [0.1, 0.15) is 0 Å². The van der Waals surface area contributed by atoms with Crippen LogP contribution in [-0.4, -0.2) is 29.3 Å². The van der Waals surface area contributed by atoms with E-state index in [-0.39, 0.29) is 23.2 Å². The summed E-state index contributed by atoms with van der Waals surface area (Å²) < 4.78 is 5.77. The van der Waals surface area contributed by atoms with Crippen molar-refractivity contribution in [3.8, 4) is 0 Å². The van der Waals surface area contributed by atoms with Crippen molar-refractivity contribution in [2.75, 3.05) is 6.54 Å². The molecule has 0 aromatic carbocycles. The number of hydrogen-bond acceptors (Lipinski definition) is 3. The molecular weight excluding hydrogens is 270 g/mol. The highest BCUT2D eigenvalue weighted by Crippen LogP contribution is 2.46. The number of rotatable bonds is 4. The van der Waals surface area contributed by atoms with Gasteiger partial charge in [0.25, 0.3) is 0 Å². The maximum absolute atomic E-state index is 11.2. The highest BCUT2D eigenvalue weighted by Gasteiger charge is 2.52. The number of aliphatic carboxylic acids is 1. The molecule has 0 bridgehead atoms. The SMILES string of the molecule is C=C(C(=O)O)[C@@H]1CC/C(CN=[N+]=[N-])=C\CC[C@@]2(C)O[C@H]2C1. The first-order valence-corrected chi connectivity index (χ1v) is 7.25. The number of allylic oxidation sites excluding steroid dienone is 1. The molecule has 1 fully saturated rings. The molecule has 114 valence electrons. The second kappa shape index (κ2) is 6.33. The first-order chi connectivity index (χ1) is 9.96. The highest BCUT2D eigenvalue weighted by atomic mass is 16.6. The van der Waals surface area contributed by atoms with Gasteiger partial charge in [-0.05, 0) is 50.5 Å². The van der Waals surface area contributed by atoms with Gasteiger partial charge in [0, 0.05) is 17.0 Å². The van der Waals surface area contributed by atoms with Crippen LogP contribution < -0.4 is 0 Å². The van der Waals surface area contributed by atoms with Crippen LogP contribution in [0.1, 0.15) is 39.0 Å². The summed E-state index contributed by atoms with van der Waals surface area (Å²) in [6.07, 6.45) is 6.18. The van der Waals surface area contributed by atoms with Gasteiger partial charge in [0.2, 0.25) is 0 Å². The summed E-state index contributed by atoms with van der Waals surface area (Å²) in [5.74, 6) is -1.04. The molecule has 3 atom stereocenters. The molecule has 0 aromatic rings. The van der Waals surface area contributed by atoms with Crippen LogP contribution in [0.2, 0.25) is 0 Å². The van der Waals surface area contributed by atoms with Gasteiger partial charge in [-0.15, -0.1) is 0 Å². The van der Waals surface area contributed by atoms with E-state index in [0.29, 0.717) is 19.4 Å². The van der Waals surface area contributed by atoms with Gasteiger partial charge in [0.15, 0.2) is 0 Å². The third-order valence-electron chi connectivity index (χ3n) is 4.53. The Balaban J connectivity index is 2.13. The van der Waals surface area contributed by atoms with Crippen molar-refractivity contribution in [3.63, 3.8) is 0 Å². The van der Waals surface area contributed by atoms with Crippen molar-refractivity contribution in [1.29, 1.82) is 0 Å². The molecule has 1 saturated heterocycles. The zero-order valence-corrected chi connectivity index (χ0v) is 12.3. The van der Waals surface area contributed by atoms with Gasteiger partial charge in [-0.1, -0.05) is 23.3 Å². The average Bonchev–Trinajstić information content (AvgIpc) is 3.09. The minimum Gasteiger partial charge on any atom is -0.478 e. The largest absolute Gasteiger partial charge is 0.478 e. The maximum atomic E-state index is 11.2. The number of carboxylic acid groups (broad SMARTS) is 1. The number of carboxylic acids is 1. The Labute approximate surface area is 124 Å². The van der Waals surface area contributed by atoms with E-state index in [9.17, 15) is 9.90 Å². The Bertz CT molecular complexity index is 522. The van der Waals surface area contributed by atoms with Crippen molar-refractivity contribution >= 4 is 5.97 Å². The third kappa shape index (κ3) is 3.86. The second-order valence-corrected chi connectivity index (χ2v) is 6.01. The number of epoxide rings is 1. The Kier molecular flexibility index (Phi) is 4.70. The fourth-order valence-electron chi connectivity index (χ4n) is 2.97. The molecule has 2 rings (SSSR count). The van der Waals surface area contributed by atoms with E-state index in [2.05, 4.69) is 29.6 Å². The van der Waals surface area contributed by atoms with Crippen LogP contribution in [0.25, 0.3) is 10.4 Å². The van der Waals surface area contributed by atoms with Gasteiger partial charge in [-0.25, -0.2) is 4.79 Å². The predicted octanol–water partition coefficient (Wildman–Crippen LogP) is 3.60. The fourth-order valence-corrected chi connectivity index (χ4v) is 2.97. The van der Waals surface area contributed by atoms with Crippen LogP contribution in [-0.2, 0) is 9.53 Å². The van der Waals surface area contributed by atoms with E-state index in [1.165, 1.54) is 0 Å². The number of fused-ring (bicyclic) bond motifs is 1. The monoisotopic (exact) mass is 291 g/mol. The molecule has 21 heavy (non-hydrogen) atoms. The van der Waals surface area contributed by atoms with Crippen molar-refractivity contribution < 1.29 is 14.6 Å². The minimum atomic E-state index is -0.944. The van der Waals surface area contributed by atoms with Crippen LogP contribution in [0.15, 0.2) is 28.9 Å². The lowest BCUT2D eigenvalue weighted by atomic mass is 9.84. The van der Waals surface area contributed by atoms with E-state index in [0.717, 1.165) is 24.8 Å². The van der Waals surface area contributed by atoms with Gasteiger partial charge in [-0.3, -0.25) is 0 Å². The van der Waals surface area contributed by atoms with Gasteiger partial charge in [0.05, 0.1) is 11.7 Å². The molecule has 1 N–H and O–H groups in total. The normalized spacial score (nSPS) is 34.6. The quantitative estimate of drug-likeness (QED) is 0.214. The molecule has 6 nitrogen and oxygen atoms in total. The molecule has 0 unspecified atom stereocenters. The van der Waals surface area contributed by atoms with Crippen LogP contribution >= 0.6 is 0 Å². The summed E-state index contributed by atoms with van der Waals surface area (Å²) >= 11 is 0. The number of azide groups is 1. The van der Waals surface area contributed by atoms with E-state index in [1.54, 1.807) is 0 Å². The Morgan fingerprint density at radius 2 is 2.48 bits per heavy atom. The number of hydrogen-bond donors (Lipinski definition) is 1. The summed E-state index contributed by atoms with van der Waals surface area (Å²) in [7, 11) is 0. The highest BCUT2D eigenvalue weighted by molar-refractivity contribution is 5.86. The molecule has 6 heteroatoms. The van der Waals surface area contributed by atoms with Crippen molar-refractivity contribution in [2.45, 2.75) is 50.7 Å². The zero-order valence-electron chi connectivity index (χ0n) is 12.3. The van der Waals surface area contributed by atoms with Gasteiger partial charge >= 0.3 is 5.97 Å². The zero-order chi connectivity index (χ0) is 15.5. The number of carbonyl (C=O) groups is 1. The molecule has 1 aliphatic heterocycles. The number of ether oxygens (including phenoxy) is 1. The van der Waals surface area contributed by atoms with E-state index in [4.69, 9.17) is 10.3 Å². The molecule has 2 aliphatic rings. The van der Waals surface area contributed by atoms with Crippen LogP contribution in [0, 0.1) is 5.92 Å². The molecule has 0 amide bonds. The number of nitrogens with zero attached hydrogens (tertiary/aromatic N) is 3. The van der Waals surface area contributed by atoms with Gasteiger partial charge in [-0.2, -0.15) is 0 Å². The lowest BCUT2D eigenvalue weighted by molar-refractivity contribution is -0.133. The molecule has 0 radical (unpaired) electrons. The van der Waals surface area contributed by atoms with E-state index in [1.807, 2.05) is 0 Å². The van der Waals surface area contributed by atoms with Crippen molar-refractivity contribution in [2.24, 2.45) is 11.0 Å². The maximum Gasteiger partial charge on any atom is 0.331 e. The predicted molar refractivity (Wildman–Crippen MR) is 78.7 cm³/mol. The fraction of sp³-hybridized carbons (Fsp3) is 0.667. The molecule has 0 spiro atoms. The smallest absolute Gasteiger partial charge is 0.331 e. The standard InChI is InChI=1S/C15H21N3O3/c1-10(14(19)20)12-6-5-11(9-17-18-16)4-3-7-15(2)13(8-12)21-15/h4,12-13H,1,3,5-9H2,2H3,(H,19,20)/b11-4+/t12-,13+,15-/m1/s1. The van der Waals surface area contributed by atoms with E-state index >= 15 is 0 Å². The van der Waals surface area contributed by atoms with Crippen molar-refractivity contribution in [3.05, 3.63) is 34.2 Å². The van der Waals surface area contributed by atoms with Crippen LogP contribution in [0.4, 0.5) is 0 Å². The molecular formula is C15H21N3O3. The first-order valence-electron chi connectivity index (χ1n) is 7.25. The first kappa shape index (κ1) is 15.6. The van der Waals surface area contributed by atoms with E-state index < -0.39 is 5.97 Å². The summed E-state index contributed by atoms with van der Waals surface area (Å²) in [5.41, 5.74) is 9.62. The minimum absolute atomic E-state index is 0.0955. The lowest BCUT2D eigenvalue weighted by Crippen LogP contribution is -2.19. The van der Waals surface area contributed by atoms with Crippen molar-refractivity contribution in [1.82, 2.24) is 0 Å². The summed E-state index contributed by atoms with van der Waals surface area (Å²) in [4.78, 5) is 14.0. The Hall–Kier alpha value is -1.78. The summed E-state index contributed by atoms with van der Waals surface area (Å²) in [5, 5.41) is 12.8. The van der Waals surface area contributed by atoms with Crippen LogP contribution in [0.3, 0.4) is 0 Å². The topological polar surface area (TPSA) is 98.6 Å². The Morgan fingerprint density at radius 1 is 1.71 bits per heavy atom. The molecule has 1 heterocycles. The molecule has 0 aromatic heterocycles. The van der Waals surface area contributed by atoms with Gasteiger partial charge < -0.3 is 9.84 Å². The van der Waals surface area contributed by atoms with Crippen LogP contribution in [0.5, 0.6) is 0 Å². The molecule has 1 aliphatic carbocycles. The molecule has 0 saturated carbocycles. The average molecular weight is 291 g/mol. The summed E-state index contributed by atoms with van der Waals surface area (Å²) in [6, 6.07) is 0. The summed E-state index contributed by atoms with van der Waals surface area (Å²) in [6.45, 7) is 6.13. The lowest BCUT2D eigenvalue weighted by Gasteiger charge is -2.19. The third-order valence-corrected chi connectivity index (χ3v) is 4.53. The Morgan fingerprint density at radius 3 is 3.14 bits per heavy atom.